The molecule has 10 heteroatoms. The van der Waals surface area contributed by atoms with Crippen LogP contribution in [0.3, 0.4) is 0 Å². The molecule has 26 heavy (non-hydrogen) atoms. The molecule has 0 spiro atoms. The number of hydrogen-bond donors (Lipinski definition) is 2. The van der Waals surface area contributed by atoms with E-state index >= 15 is 0 Å². The van der Waals surface area contributed by atoms with Gasteiger partial charge in [-0.1, -0.05) is 46.2 Å². The van der Waals surface area contributed by atoms with Gasteiger partial charge in [0.15, 0.2) is 5.17 Å². The number of carbonyl (C=O) groups is 1. The van der Waals surface area contributed by atoms with Gasteiger partial charge in [-0.15, -0.1) is 17.0 Å². The summed E-state index contributed by atoms with van der Waals surface area (Å²) in [6.45, 7) is 3.85. The minimum absolute atomic E-state index is 0. The molecule has 1 aromatic heterocycles. The molecule has 1 aliphatic heterocycles. The molecule has 1 amide bonds. The van der Waals surface area contributed by atoms with Gasteiger partial charge in [0.1, 0.15) is 17.0 Å². The van der Waals surface area contributed by atoms with Crippen LogP contribution in [0.2, 0.25) is 10.0 Å². The molecule has 2 N–H and O–H groups in total. The average Bonchev–Trinajstić information content (AvgIpc) is 3.21. The first-order valence-electron chi connectivity index (χ1n) is 7.68. The van der Waals surface area contributed by atoms with Crippen LogP contribution in [0.4, 0.5) is 0 Å². The van der Waals surface area contributed by atoms with Gasteiger partial charge in [-0.25, -0.2) is 0 Å². The van der Waals surface area contributed by atoms with Crippen molar-refractivity contribution < 1.29 is 9.32 Å². The number of amides is 1. The van der Waals surface area contributed by atoms with Crippen LogP contribution in [0.1, 0.15) is 16.1 Å². The summed E-state index contributed by atoms with van der Waals surface area (Å²) in [6, 6.07) is 5.12. The Morgan fingerprint density at radius 3 is 2.77 bits per heavy atom. The summed E-state index contributed by atoms with van der Waals surface area (Å²) in [5, 5.41) is 11.8. The first kappa shape index (κ1) is 21.1. The van der Waals surface area contributed by atoms with Crippen molar-refractivity contribution in [3.05, 3.63) is 39.6 Å². The Labute approximate surface area is 175 Å². The lowest BCUT2D eigenvalue weighted by Crippen LogP contribution is -2.27. The molecule has 1 aliphatic rings. The van der Waals surface area contributed by atoms with Gasteiger partial charge in [-0.05, 0) is 19.1 Å². The lowest BCUT2D eigenvalue weighted by molar-refractivity contribution is 0.0955. The van der Waals surface area contributed by atoms with Crippen LogP contribution in [0.5, 0.6) is 0 Å². The highest BCUT2D eigenvalue weighted by molar-refractivity contribution is 8.93. The maximum Gasteiger partial charge on any atom is 0.257 e. The van der Waals surface area contributed by atoms with Gasteiger partial charge in [0.05, 0.1) is 16.6 Å². The Balaban J connectivity index is 0.00000243. The van der Waals surface area contributed by atoms with Gasteiger partial charge in [0.2, 0.25) is 0 Å². The second-order valence-corrected chi connectivity index (χ2v) is 7.18. The molecule has 0 saturated heterocycles. The number of nitrogens with zero attached hydrogens (tertiary/aromatic N) is 2. The molecule has 140 valence electrons. The van der Waals surface area contributed by atoms with Crippen molar-refractivity contribution in [2.75, 3.05) is 25.4 Å². The maximum absolute atomic E-state index is 12.6. The third-order valence-corrected chi connectivity index (χ3v) is 5.14. The van der Waals surface area contributed by atoms with Crippen LogP contribution < -0.4 is 10.6 Å². The summed E-state index contributed by atoms with van der Waals surface area (Å²) in [4.78, 5) is 16.9. The number of aromatic nitrogens is 1. The zero-order chi connectivity index (χ0) is 17.8. The van der Waals surface area contributed by atoms with Crippen molar-refractivity contribution >= 4 is 63.0 Å². The van der Waals surface area contributed by atoms with E-state index in [4.69, 9.17) is 27.7 Å². The van der Waals surface area contributed by atoms with E-state index < -0.39 is 0 Å². The predicted octanol–water partition coefficient (Wildman–Crippen LogP) is 3.96. The van der Waals surface area contributed by atoms with Crippen LogP contribution in [0.25, 0.3) is 11.3 Å². The Bertz CT molecular complexity index is 808. The fourth-order valence-electron chi connectivity index (χ4n) is 2.41. The fourth-order valence-corrected chi connectivity index (χ4v) is 3.77. The van der Waals surface area contributed by atoms with Crippen LogP contribution in [-0.4, -0.2) is 41.6 Å². The number of aliphatic imine (C=N–C) groups is 1. The Kier molecular flexibility index (Phi) is 7.82. The molecule has 0 atom stereocenters. The normalized spacial score (nSPS) is 13.0. The molecule has 0 bridgehead atoms. The van der Waals surface area contributed by atoms with E-state index in [-0.39, 0.29) is 22.9 Å². The molecule has 0 unspecified atom stereocenters. The van der Waals surface area contributed by atoms with Crippen molar-refractivity contribution in [2.45, 2.75) is 6.92 Å². The number of thioether (sulfide) groups is 1. The molecule has 0 saturated carbocycles. The van der Waals surface area contributed by atoms with E-state index in [9.17, 15) is 4.79 Å². The Hall–Kier alpha value is -1.22. The second kappa shape index (κ2) is 9.64. The number of hydrogen-bond acceptors (Lipinski definition) is 6. The number of aryl methyl sites for hydroxylation is 1. The molecule has 6 nitrogen and oxygen atoms in total. The number of halogens is 3. The zero-order valence-corrected chi connectivity index (χ0v) is 17.9. The summed E-state index contributed by atoms with van der Waals surface area (Å²) in [7, 11) is 0. The highest BCUT2D eigenvalue weighted by atomic mass is 79.9. The number of nitrogens with one attached hydrogen (secondary N) is 2. The smallest absolute Gasteiger partial charge is 0.257 e. The van der Waals surface area contributed by atoms with E-state index in [1.54, 1.807) is 36.9 Å². The lowest BCUT2D eigenvalue weighted by atomic mass is 10.1. The highest BCUT2D eigenvalue weighted by Gasteiger charge is 2.24. The van der Waals surface area contributed by atoms with E-state index in [1.165, 1.54) is 0 Å². The van der Waals surface area contributed by atoms with Crippen molar-refractivity contribution in [3.63, 3.8) is 0 Å². The van der Waals surface area contributed by atoms with Gasteiger partial charge >= 0.3 is 0 Å². The number of benzene rings is 1. The Morgan fingerprint density at radius 2 is 2.12 bits per heavy atom. The Morgan fingerprint density at radius 1 is 1.38 bits per heavy atom. The molecule has 2 aromatic rings. The van der Waals surface area contributed by atoms with Gasteiger partial charge in [-0.2, -0.15) is 0 Å². The first-order chi connectivity index (χ1) is 12.1. The highest BCUT2D eigenvalue weighted by Crippen LogP contribution is 2.36. The maximum atomic E-state index is 12.6. The largest absolute Gasteiger partial charge is 0.363 e. The standard InChI is InChI=1S/C16H16Cl2N4O2S.BrH/c1-9-12(15(23)19-7-8-25-16-20-5-6-21-16)14(22-24-9)13-10(17)3-2-4-11(13)18;/h2-4H,5-8H2,1H3,(H,19,23)(H,20,21);1H. The van der Waals surface area contributed by atoms with Crippen LogP contribution in [0, 0.1) is 6.92 Å². The van der Waals surface area contributed by atoms with E-state index in [0.717, 1.165) is 18.3 Å². The molecule has 1 aromatic carbocycles. The molecular weight excluding hydrogens is 463 g/mol. The third kappa shape index (κ3) is 4.73. The van der Waals surface area contributed by atoms with E-state index in [0.29, 0.717) is 44.9 Å². The van der Waals surface area contributed by atoms with Crippen LogP contribution >= 0.6 is 51.9 Å². The third-order valence-electron chi connectivity index (χ3n) is 3.56. The molecule has 0 radical (unpaired) electrons. The quantitative estimate of drug-likeness (QED) is 0.634. The topological polar surface area (TPSA) is 79.5 Å². The summed E-state index contributed by atoms with van der Waals surface area (Å²) in [5.41, 5.74) is 1.18. The predicted molar refractivity (Wildman–Crippen MR) is 112 cm³/mol. The number of amidine groups is 1. The van der Waals surface area contributed by atoms with Crippen LogP contribution in [0.15, 0.2) is 27.7 Å². The molecule has 0 fully saturated rings. The number of rotatable bonds is 5. The van der Waals surface area contributed by atoms with Gasteiger partial charge < -0.3 is 15.2 Å². The molecule has 3 rings (SSSR count). The lowest BCUT2D eigenvalue weighted by Gasteiger charge is -2.08. The summed E-state index contributed by atoms with van der Waals surface area (Å²) < 4.78 is 5.21. The van der Waals surface area contributed by atoms with Crippen molar-refractivity contribution in [3.8, 4) is 11.3 Å². The molecule has 2 heterocycles. The van der Waals surface area contributed by atoms with Crippen molar-refractivity contribution in [1.82, 2.24) is 15.8 Å². The van der Waals surface area contributed by atoms with Gasteiger partial charge in [0, 0.05) is 24.4 Å². The van der Waals surface area contributed by atoms with Crippen molar-refractivity contribution in [2.24, 2.45) is 4.99 Å². The van der Waals surface area contributed by atoms with Crippen LogP contribution in [-0.2, 0) is 0 Å². The molecular formula is C16H17BrCl2N4O2S. The number of carbonyl (C=O) groups excluding carboxylic acids is 1. The van der Waals surface area contributed by atoms with Crippen molar-refractivity contribution in [1.29, 1.82) is 0 Å². The van der Waals surface area contributed by atoms with E-state index in [2.05, 4.69) is 20.8 Å². The van der Waals surface area contributed by atoms with Gasteiger partial charge in [-0.3, -0.25) is 9.79 Å². The summed E-state index contributed by atoms with van der Waals surface area (Å²) in [5.74, 6) is 0.856. The fraction of sp³-hybridized carbons (Fsp3) is 0.312. The minimum atomic E-state index is -0.272. The van der Waals surface area contributed by atoms with Gasteiger partial charge in [0.25, 0.3) is 5.91 Å². The minimum Gasteiger partial charge on any atom is -0.363 e. The monoisotopic (exact) mass is 478 g/mol. The zero-order valence-electron chi connectivity index (χ0n) is 13.8. The molecule has 0 aliphatic carbocycles. The SMILES string of the molecule is Br.Cc1onc(-c2c(Cl)cccc2Cl)c1C(=O)NCCSC1=NCCN1. The summed E-state index contributed by atoms with van der Waals surface area (Å²) >= 11 is 14.0. The summed E-state index contributed by atoms with van der Waals surface area (Å²) in [6.07, 6.45) is 0. The average molecular weight is 480 g/mol. The first-order valence-corrected chi connectivity index (χ1v) is 9.42. The van der Waals surface area contributed by atoms with E-state index in [1.807, 2.05) is 0 Å². The second-order valence-electron chi connectivity index (χ2n) is 5.28.